The molecule has 0 aliphatic carbocycles. The smallest absolute Gasteiger partial charge is 0.343 e. The van der Waals surface area contributed by atoms with Crippen molar-refractivity contribution in [3.63, 3.8) is 0 Å². The van der Waals surface area contributed by atoms with Crippen molar-refractivity contribution < 1.29 is 23.9 Å². The molecule has 3 aromatic carbocycles. The van der Waals surface area contributed by atoms with E-state index in [9.17, 15) is 14.4 Å². The predicted molar refractivity (Wildman–Crippen MR) is 145 cm³/mol. The van der Waals surface area contributed by atoms with Crippen LogP contribution in [0.2, 0.25) is 10.0 Å². The first-order valence-corrected chi connectivity index (χ1v) is 12.9. The molecule has 1 aliphatic heterocycles. The molecule has 6 nitrogen and oxygen atoms in total. The molecule has 36 heavy (non-hydrogen) atoms. The number of amides is 2. The zero-order chi connectivity index (χ0) is 26.0. The summed E-state index contributed by atoms with van der Waals surface area (Å²) in [5.74, 6) is -0.481. The van der Waals surface area contributed by atoms with E-state index in [0.29, 0.717) is 31.2 Å². The van der Waals surface area contributed by atoms with Crippen LogP contribution in [-0.4, -0.2) is 29.1 Å². The summed E-state index contributed by atoms with van der Waals surface area (Å²) in [7, 11) is 1.44. The van der Waals surface area contributed by atoms with Crippen LogP contribution >= 0.6 is 50.9 Å². The van der Waals surface area contributed by atoms with E-state index >= 15 is 0 Å². The molecule has 0 unspecified atom stereocenters. The van der Waals surface area contributed by atoms with Crippen molar-refractivity contribution in [1.29, 1.82) is 0 Å². The number of nitrogens with zero attached hydrogens (tertiary/aromatic N) is 1. The summed E-state index contributed by atoms with van der Waals surface area (Å²) >= 11 is 16.3. The molecule has 0 bridgehead atoms. The van der Waals surface area contributed by atoms with Crippen LogP contribution < -0.4 is 9.47 Å². The van der Waals surface area contributed by atoms with E-state index in [1.165, 1.54) is 7.11 Å². The van der Waals surface area contributed by atoms with Crippen LogP contribution in [0, 0.1) is 6.92 Å². The lowest BCUT2D eigenvalue weighted by Crippen LogP contribution is -2.27. The van der Waals surface area contributed by atoms with Gasteiger partial charge in [-0.1, -0.05) is 47.0 Å². The van der Waals surface area contributed by atoms with Crippen molar-refractivity contribution in [2.75, 3.05) is 7.11 Å². The fraction of sp³-hybridized carbons (Fsp3) is 0.115. The number of rotatable bonds is 6. The van der Waals surface area contributed by atoms with Gasteiger partial charge in [0.25, 0.3) is 11.1 Å². The molecule has 0 aromatic heterocycles. The number of esters is 1. The summed E-state index contributed by atoms with van der Waals surface area (Å²) in [5.41, 5.74) is 2.68. The molecular weight excluding hydrogens is 589 g/mol. The van der Waals surface area contributed by atoms with Gasteiger partial charge in [-0.3, -0.25) is 14.5 Å². The number of imide groups is 1. The molecule has 3 aromatic rings. The van der Waals surface area contributed by atoms with Gasteiger partial charge in [-0.05, 0) is 88.2 Å². The van der Waals surface area contributed by atoms with E-state index < -0.39 is 17.1 Å². The maximum absolute atomic E-state index is 13.0. The molecule has 1 heterocycles. The summed E-state index contributed by atoms with van der Waals surface area (Å²) in [5, 5.41) is 0.339. The van der Waals surface area contributed by atoms with Crippen molar-refractivity contribution in [3.8, 4) is 11.5 Å². The topological polar surface area (TPSA) is 72.9 Å². The summed E-state index contributed by atoms with van der Waals surface area (Å²) in [4.78, 5) is 39.5. The number of benzene rings is 3. The van der Waals surface area contributed by atoms with Gasteiger partial charge in [0.2, 0.25) is 0 Å². The van der Waals surface area contributed by atoms with Gasteiger partial charge in [0, 0.05) is 0 Å². The molecule has 2 amide bonds. The number of carbonyl (C=O) groups is 3. The first-order valence-electron chi connectivity index (χ1n) is 10.5. The van der Waals surface area contributed by atoms with Crippen LogP contribution in [0.15, 0.2) is 64.0 Å². The van der Waals surface area contributed by atoms with Crippen molar-refractivity contribution in [2.45, 2.75) is 13.5 Å². The molecule has 10 heteroatoms. The minimum absolute atomic E-state index is 0.0693. The number of ether oxygens (including phenoxy) is 2. The molecule has 1 fully saturated rings. The molecule has 0 atom stereocenters. The molecular formula is C26H18BrCl2NO5S. The van der Waals surface area contributed by atoms with E-state index in [1.54, 1.807) is 48.5 Å². The van der Waals surface area contributed by atoms with E-state index in [4.69, 9.17) is 32.7 Å². The molecule has 184 valence electrons. The Morgan fingerprint density at radius 1 is 1.06 bits per heavy atom. The van der Waals surface area contributed by atoms with E-state index in [0.717, 1.165) is 22.2 Å². The second-order valence-electron chi connectivity index (χ2n) is 7.81. The van der Waals surface area contributed by atoms with Gasteiger partial charge in [0.15, 0.2) is 11.5 Å². The lowest BCUT2D eigenvalue weighted by molar-refractivity contribution is -0.123. The number of thioether (sulfide) groups is 1. The molecule has 0 saturated carbocycles. The summed E-state index contributed by atoms with van der Waals surface area (Å²) in [6.45, 7) is 2.00. The third kappa shape index (κ3) is 5.78. The van der Waals surface area contributed by atoms with Crippen molar-refractivity contribution in [3.05, 3.63) is 96.3 Å². The fourth-order valence-electron chi connectivity index (χ4n) is 3.37. The van der Waals surface area contributed by atoms with Crippen molar-refractivity contribution >= 4 is 74.1 Å². The Hall–Kier alpha value is -2.78. The number of carbonyl (C=O) groups excluding carboxylic acids is 3. The highest BCUT2D eigenvalue weighted by molar-refractivity contribution is 9.10. The van der Waals surface area contributed by atoms with Gasteiger partial charge >= 0.3 is 5.97 Å². The minimum atomic E-state index is -0.537. The van der Waals surface area contributed by atoms with Crippen molar-refractivity contribution in [1.82, 2.24) is 4.90 Å². The summed E-state index contributed by atoms with van der Waals surface area (Å²) in [6, 6.07) is 15.2. The second-order valence-corrected chi connectivity index (χ2v) is 10.5. The molecule has 0 radical (unpaired) electrons. The maximum atomic E-state index is 13.0. The van der Waals surface area contributed by atoms with Crippen LogP contribution in [0.3, 0.4) is 0 Å². The number of methoxy groups -OCH3 is 1. The highest BCUT2D eigenvalue weighted by Gasteiger charge is 2.35. The number of hydrogen-bond donors (Lipinski definition) is 0. The Bertz CT molecular complexity index is 1410. The van der Waals surface area contributed by atoms with Crippen LogP contribution in [0.25, 0.3) is 6.08 Å². The lowest BCUT2D eigenvalue weighted by atomic mass is 10.1. The molecule has 1 saturated heterocycles. The number of hydrogen-bond acceptors (Lipinski definition) is 6. The summed E-state index contributed by atoms with van der Waals surface area (Å²) in [6.07, 6.45) is 1.58. The number of aryl methyl sites for hydroxylation is 1. The molecule has 0 N–H and O–H groups in total. The highest BCUT2D eigenvalue weighted by atomic mass is 79.9. The van der Waals surface area contributed by atoms with Crippen LogP contribution in [-0.2, 0) is 11.3 Å². The average Bonchev–Trinajstić information content (AvgIpc) is 3.10. The zero-order valence-electron chi connectivity index (χ0n) is 19.0. The SMILES string of the molecule is COc1cc(/C=C2\SC(=O)N(Cc3ccc(Cl)c(Cl)c3)C2=O)cc(Br)c1OC(=O)c1ccc(C)cc1. The first-order chi connectivity index (χ1) is 17.2. The Balaban J connectivity index is 1.56. The third-order valence-electron chi connectivity index (χ3n) is 5.23. The minimum Gasteiger partial charge on any atom is -0.493 e. The van der Waals surface area contributed by atoms with Gasteiger partial charge in [-0.15, -0.1) is 0 Å². The largest absolute Gasteiger partial charge is 0.493 e. The predicted octanol–water partition coefficient (Wildman–Crippen LogP) is 7.53. The quantitative estimate of drug-likeness (QED) is 0.164. The Labute approximate surface area is 230 Å². The molecule has 0 spiro atoms. The van der Waals surface area contributed by atoms with E-state index in [-0.39, 0.29) is 22.9 Å². The Morgan fingerprint density at radius 3 is 2.44 bits per heavy atom. The monoisotopic (exact) mass is 605 g/mol. The van der Waals surface area contributed by atoms with E-state index in [2.05, 4.69) is 15.9 Å². The third-order valence-corrected chi connectivity index (χ3v) is 7.47. The Morgan fingerprint density at radius 2 is 1.78 bits per heavy atom. The first kappa shape index (κ1) is 26.3. The molecule has 1 aliphatic rings. The van der Waals surface area contributed by atoms with Gasteiger partial charge < -0.3 is 9.47 Å². The van der Waals surface area contributed by atoms with Crippen molar-refractivity contribution in [2.24, 2.45) is 0 Å². The highest BCUT2D eigenvalue weighted by Crippen LogP contribution is 2.40. The summed E-state index contributed by atoms with van der Waals surface area (Å²) < 4.78 is 11.4. The second kappa shape index (κ2) is 11.1. The van der Waals surface area contributed by atoms with Gasteiger partial charge in [0.1, 0.15) is 0 Å². The Kier molecular flexibility index (Phi) is 8.10. The van der Waals surface area contributed by atoms with Gasteiger partial charge in [-0.2, -0.15) is 0 Å². The van der Waals surface area contributed by atoms with Crippen LogP contribution in [0.5, 0.6) is 11.5 Å². The maximum Gasteiger partial charge on any atom is 0.343 e. The fourth-order valence-corrected chi connectivity index (χ4v) is 5.07. The van der Waals surface area contributed by atoms with Gasteiger partial charge in [-0.25, -0.2) is 4.79 Å². The van der Waals surface area contributed by atoms with Crippen LogP contribution in [0.4, 0.5) is 4.79 Å². The average molecular weight is 607 g/mol. The van der Waals surface area contributed by atoms with Gasteiger partial charge in [0.05, 0.1) is 38.6 Å². The standard InChI is InChI=1S/C26H18BrCl2NO5S/c1-14-3-6-17(7-4-14)25(32)35-23-18(27)9-16(11-21(23)34-2)12-22-24(31)30(26(33)36-22)13-15-5-8-19(28)20(29)10-15/h3-12H,13H2,1-2H3/b22-12-. The zero-order valence-corrected chi connectivity index (χ0v) is 22.9. The number of halogens is 3. The van der Waals surface area contributed by atoms with Crippen LogP contribution in [0.1, 0.15) is 27.0 Å². The lowest BCUT2D eigenvalue weighted by Gasteiger charge is -2.13. The normalized spacial score (nSPS) is 14.5. The molecule has 4 rings (SSSR count). The van der Waals surface area contributed by atoms with E-state index in [1.807, 2.05) is 19.1 Å².